The van der Waals surface area contributed by atoms with Crippen LogP contribution in [0.25, 0.3) is 0 Å². The van der Waals surface area contributed by atoms with Crippen LogP contribution in [0, 0.1) is 13.8 Å². The van der Waals surface area contributed by atoms with Crippen LogP contribution in [0.3, 0.4) is 0 Å². The van der Waals surface area contributed by atoms with E-state index in [1.165, 1.54) is 18.5 Å². The minimum absolute atomic E-state index is 0.0758. The molecule has 0 saturated heterocycles. The maximum Gasteiger partial charge on any atom is 0.513 e. The van der Waals surface area contributed by atoms with E-state index in [0.717, 1.165) is 0 Å². The maximum atomic E-state index is 12.5. The normalized spacial score (nSPS) is 12.2. The summed E-state index contributed by atoms with van der Waals surface area (Å²) in [5.74, 6) is 0. The number of aromatic nitrogens is 2. The van der Waals surface area contributed by atoms with E-state index in [9.17, 15) is 12.9 Å². The van der Waals surface area contributed by atoms with Crippen LogP contribution in [-0.2, 0) is 6.54 Å². The van der Waals surface area contributed by atoms with Crippen molar-refractivity contribution in [2.75, 3.05) is 0 Å². The van der Waals surface area contributed by atoms with Gasteiger partial charge < -0.3 is 12.9 Å². The van der Waals surface area contributed by atoms with Crippen LogP contribution in [0.5, 0.6) is 0 Å². The van der Waals surface area contributed by atoms with Gasteiger partial charge in [-0.25, -0.2) is 0 Å². The number of nitrogens with zero attached hydrogens (tertiary/aromatic N) is 2. The molecule has 2 nitrogen and oxygen atoms in total. The zero-order chi connectivity index (χ0) is 10.2. The third kappa shape index (κ3) is 1.71. The molecule has 0 saturated carbocycles. The Kier molecular flexibility index (Phi) is 2.41. The Bertz CT molecular complexity index is 316. The summed E-state index contributed by atoms with van der Waals surface area (Å²) >= 11 is 0. The standard InChI is InChI=1S/C7H11BF3N2/c1-4-13-6(3)7(5(2)12-13)8(9,10)11/h4H2,1-3H3/q-1. The Morgan fingerprint density at radius 3 is 2.08 bits per heavy atom. The van der Waals surface area contributed by atoms with Gasteiger partial charge in [-0.2, -0.15) is 5.10 Å². The number of hydrogen-bond donors (Lipinski definition) is 0. The van der Waals surface area contributed by atoms with Crippen molar-refractivity contribution in [3.05, 3.63) is 11.4 Å². The van der Waals surface area contributed by atoms with Crippen molar-refractivity contribution < 1.29 is 12.9 Å². The highest BCUT2D eigenvalue weighted by Gasteiger charge is 2.31. The summed E-state index contributed by atoms with van der Waals surface area (Å²) < 4.78 is 38.8. The maximum absolute atomic E-state index is 12.5. The summed E-state index contributed by atoms with van der Waals surface area (Å²) in [6.45, 7) is 0.161. The molecule has 13 heavy (non-hydrogen) atoms. The van der Waals surface area contributed by atoms with Crippen LogP contribution in [0.2, 0.25) is 0 Å². The fraction of sp³-hybridized carbons (Fsp3) is 0.571. The fourth-order valence-electron chi connectivity index (χ4n) is 1.49. The van der Waals surface area contributed by atoms with E-state index >= 15 is 0 Å². The van der Waals surface area contributed by atoms with Gasteiger partial charge in [0, 0.05) is 17.9 Å². The van der Waals surface area contributed by atoms with Crippen molar-refractivity contribution in [1.82, 2.24) is 9.78 Å². The zero-order valence-corrected chi connectivity index (χ0v) is 7.81. The summed E-state index contributed by atoms with van der Waals surface area (Å²) in [4.78, 5) is 0. The molecule has 6 heteroatoms. The van der Waals surface area contributed by atoms with E-state index < -0.39 is 12.4 Å². The number of rotatable bonds is 2. The van der Waals surface area contributed by atoms with Gasteiger partial charge in [-0.05, 0) is 20.8 Å². The van der Waals surface area contributed by atoms with Crippen LogP contribution >= 0.6 is 0 Å². The predicted molar refractivity (Wildman–Crippen MR) is 46.1 cm³/mol. The molecule has 1 rings (SSSR count). The highest BCUT2D eigenvalue weighted by Crippen LogP contribution is 2.14. The molecule has 0 aliphatic rings. The van der Waals surface area contributed by atoms with Crippen LogP contribution in [0.1, 0.15) is 18.3 Å². The molecule has 74 valence electrons. The Morgan fingerprint density at radius 2 is 1.85 bits per heavy atom. The molecule has 1 aromatic heterocycles. The van der Waals surface area contributed by atoms with Crippen LogP contribution in [0.15, 0.2) is 0 Å². The van der Waals surface area contributed by atoms with Gasteiger partial charge in [0.25, 0.3) is 0 Å². The summed E-state index contributed by atoms with van der Waals surface area (Å²) in [5.41, 5.74) is -0.249. The minimum atomic E-state index is -4.93. The Hall–Kier alpha value is -0.935. The molecule has 1 aromatic rings. The van der Waals surface area contributed by atoms with Crippen LogP contribution in [0.4, 0.5) is 12.9 Å². The van der Waals surface area contributed by atoms with E-state index in [1.807, 2.05) is 0 Å². The monoisotopic (exact) mass is 191 g/mol. The highest BCUT2D eigenvalue weighted by atomic mass is 19.4. The summed E-state index contributed by atoms with van der Waals surface area (Å²) in [5, 5.41) is 3.81. The Morgan fingerprint density at radius 1 is 1.31 bits per heavy atom. The van der Waals surface area contributed by atoms with E-state index in [1.54, 1.807) is 6.92 Å². The number of hydrogen-bond acceptors (Lipinski definition) is 1. The Balaban J connectivity index is 3.29. The number of aryl methyl sites for hydroxylation is 2. The van der Waals surface area contributed by atoms with Crippen LogP contribution < -0.4 is 5.46 Å². The lowest BCUT2D eigenvalue weighted by molar-refractivity contribution is 0.500. The first kappa shape index (κ1) is 10.1. The summed E-state index contributed by atoms with van der Waals surface area (Å²) in [6.07, 6.45) is 0. The minimum Gasteiger partial charge on any atom is -0.445 e. The second-order valence-corrected chi connectivity index (χ2v) is 2.98. The van der Waals surface area contributed by atoms with Gasteiger partial charge in [-0.1, -0.05) is 5.46 Å². The average Bonchev–Trinajstić information content (AvgIpc) is 2.24. The Labute approximate surface area is 74.8 Å². The number of halogens is 3. The molecule has 0 N–H and O–H groups in total. The van der Waals surface area contributed by atoms with Crippen molar-refractivity contribution in [3.8, 4) is 0 Å². The molecule has 1 heterocycles. The molecule has 0 bridgehead atoms. The van der Waals surface area contributed by atoms with Crippen molar-refractivity contribution >= 4 is 12.4 Å². The zero-order valence-electron chi connectivity index (χ0n) is 7.81. The van der Waals surface area contributed by atoms with E-state index in [2.05, 4.69) is 5.10 Å². The third-order valence-corrected chi connectivity index (χ3v) is 2.06. The largest absolute Gasteiger partial charge is 0.513 e. The molecule has 0 radical (unpaired) electrons. The molecule has 0 spiro atoms. The summed E-state index contributed by atoms with van der Waals surface area (Å²) in [7, 11) is 0. The topological polar surface area (TPSA) is 17.8 Å². The highest BCUT2D eigenvalue weighted by molar-refractivity contribution is 6.74. The van der Waals surface area contributed by atoms with Crippen molar-refractivity contribution in [1.29, 1.82) is 0 Å². The van der Waals surface area contributed by atoms with Gasteiger partial charge in [-0.15, -0.1) is 0 Å². The van der Waals surface area contributed by atoms with Gasteiger partial charge in [0.2, 0.25) is 0 Å². The molecular weight excluding hydrogens is 180 g/mol. The van der Waals surface area contributed by atoms with E-state index in [0.29, 0.717) is 6.54 Å². The predicted octanol–water partition coefficient (Wildman–Crippen LogP) is 1.57. The first-order valence-corrected chi connectivity index (χ1v) is 4.11. The van der Waals surface area contributed by atoms with Gasteiger partial charge in [0.15, 0.2) is 0 Å². The van der Waals surface area contributed by atoms with E-state index in [4.69, 9.17) is 0 Å². The quantitative estimate of drug-likeness (QED) is 0.648. The molecule has 0 unspecified atom stereocenters. The fourth-order valence-corrected chi connectivity index (χ4v) is 1.49. The van der Waals surface area contributed by atoms with Gasteiger partial charge >= 0.3 is 6.98 Å². The lowest BCUT2D eigenvalue weighted by atomic mass is 9.78. The molecule has 0 aliphatic carbocycles. The van der Waals surface area contributed by atoms with Gasteiger partial charge in [-0.3, -0.25) is 4.68 Å². The SMILES string of the molecule is CCn1nc(C)c([B-](F)(F)F)c1C. The molecule has 0 atom stereocenters. The lowest BCUT2D eigenvalue weighted by Crippen LogP contribution is -2.37. The van der Waals surface area contributed by atoms with Gasteiger partial charge in [0.1, 0.15) is 0 Å². The van der Waals surface area contributed by atoms with Crippen LogP contribution in [-0.4, -0.2) is 16.8 Å². The van der Waals surface area contributed by atoms with Crippen molar-refractivity contribution in [2.45, 2.75) is 27.3 Å². The second-order valence-electron chi connectivity index (χ2n) is 2.98. The molecular formula is C7H11BF3N2-. The molecule has 0 amide bonds. The second kappa shape index (κ2) is 3.08. The molecule has 0 fully saturated rings. The van der Waals surface area contributed by atoms with Crippen molar-refractivity contribution in [3.63, 3.8) is 0 Å². The first-order chi connectivity index (χ1) is 5.88. The third-order valence-electron chi connectivity index (χ3n) is 2.06. The van der Waals surface area contributed by atoms with Crippen molar-refractivity contribution in [2.24, 2.45) is 0 Å². The average molecular weight is 191 g/mol. The smallest absolute Gasteiger partial charge is 0.445 e. The molecule has 0 aromatic carbocycles. The molecule has 0 aliphatic heterocycles. The first-order valence-electron chi connectivity index (χ1n) is 4.11. The van der Waals surface area contributed by atoms with E-state index in [-0.39, 0.29) is 11.4 Å². The lowest BCUT2D eigenvalue weighted by Gasteiger charge is -2.14. The summed E-state index contributed by atoms with van der Waals surface area (Å²) in [6, 6.07) is 0. The van der Waals surface area contributed by atoms with Gasteiger partial charge in [0.05, 0.1) is 0 Å².